The lowest BCUT2D eigenvalue weighted by Gasteiger charge is -2.18. The first-order valence-electron chi connectivity index (χ1n) is 6.76. The third kappa shape index (κ3) is 3.83. The minimum absolute atomic E-state index is 0.453. The molecule has 2 heteroatoms. The van der Waals surface area contributed by atoms with Gasteiger partial charge in [0.25, 0.3) is 0 Å². The molecule has 0 aliphatic carbocycles. The van der Waals surface area contributed by atoms with Crippen LogP contribution in [0, 0.1) is 5.92 Å². The van der Waals surface area contributed by atoms with Crippen LogP contribution in [0.15, 0.2) is 30.3 Å². The maximum atomic E-state index is 5.84. The second-order valence-electron chi connectivity index (χ2n) is 4.79. The van der Waals surface area contributed by atoms with Crippen molar-refractivity contribution in [2.45, 2.75) is 32.3 Å². The Bertz CT molecular complexity index is 312. The third-order valence-corrected chi connectivity index (χ3v) is 3.56. The largest absolute Gasteiger partial charge is 0.378 e. The van der Waals surface area contributed by atoms with Crippen LogP contribution in [0.2, 0.25) is 0 Å². The molecule has 2 nitrogen and oxygen atoms in total. The summed E-state index contributed by atoms with van der Waals surface area (Å²) in [4.78, 5) is 0. The number of rotatable bonds is 6. The van der Waals surface area contributed by atoms with Crippen molar-refractivity contribution in [1.29, 1.82) is 0 Å². The first-order chi connectivity index (χ1) is 8.40. The summed E-state index contributed by atoms with van der Waals surface area (Å²) in [6, 6.07) is 10.7. The molecule has 0 spiro atoms. The molecule has 2 atom stereocenters. The molecular formula is C15H23NO. The van der Waals surface area contributed by atoms with E-state index in [4.69, 9.17) is 4.74 Å². The van der Waals surface area contributed by atoms with E-state index < -0.39 is 0 Å². The van der Waals surface area contributed by atoms with Crippen LogP contribution < -0.4 is 5.32 Å². The Labute approximate surface area is 104 Å². The lowest BCUT2D eigenvalue weighted by molar-refractivity contribution is 0.0836. The zero-order valence-electron chi connectivity index (χ0n) is 10.7. The molecule has 2 rings (SSSR count). The molecule has 1 aliphatic heterocycles. The fourth-order valence-electron chi connectivity index (χ4n) is 2.53. The molecule has 1 saturated heterocycles. The molecule has 0 bridgehead atoms. The van der Waals surface area contributed by atoms with E-state index in [2.05, 4.69) is 42.6 Å². The van der Waals surface area contributed by atoms with Crippen LogP contribution in [-0.4, -0.2) is 25.8 Å². The van der Waals surface area contributed by atoms with Crippen LogP contribution in [-0.2, 0) is 11.2 Å². The van der Waals surface area contributed by atoms with E-state index in [0.717, 1.165) is 32.5 Å². The molecule has 1 N–H and O–H groups in total. The Morgan fingerprint density at radius 1 is 1.29 bits per heavy atom. The molecule has 1 heterocycles. The van der Waals surface area contributed by atoms with Crippen molar-refractivity contribution in [1.82, 2.24) is 5.32 Å². The molecule has 2 unspecified atom stereocenters. The number of hydrogen-bond donors (Lipinski definition) is 1. The van der Waals surface area contributed by atoms with Gasteiger partial charge in [-0.3, -0.25) is 0 Å². The zero-order valence-corrected chi connectivity index (χ0v) is 10.7. The van der Waals surface area contributed by atoms with Crippen LogP contribution in [0.3, 0.4) is 0 Å². The normalized spacial score (nSPS) is 24.1. The lowest BCUT2D eigenvalue weighted by Crippen LogP contribution is -2.28. The number of hydrogen-bond acceptors (Lipinski definition) is 2. The molecule has 0 saturated carbocycles. The van der Waals surface area contributed by atoms with Crippen molar-refractivity contribution in [2.75, 3.05) is 19.7 Å². The second-order valence-corrected chi connectivity index (χ2v) is 4.79. The van der Waals surface area contributed by atoms with Crippen molar-refractivity contribution < 1.29 is 4.74 Å². The van der Waals surface area contributed by atoms with Crippen molar-refractivity contribution in [2.24, 2.45) is 5.92 Å². The van der Waals surface area contributed by atoms with Crippen LogP contribution in [0.1, 0.15) is 25.3 Å². The summed E-state index contributed by atoms with van der Waals surface area (Å²) in [6.07, 6.45) is 3.95. The average molecular weight is 233 g/mol. The highest BCUT2D eigenvalue weighted by atomic mass is 16.5. The minimum Gasteiger partial charge on any atom is -0.378 e. The lowest BCUT2D eigenvalue weighted by atomic mass is 9.96. The van der Waals surface area contributed by atoms with Gasteiger partial charge in [-0.05, 0) is 37.3 Å². The Morgan fingerprint density at radius 3 is 2.88 bits per heavy atom. The summed E-state index contributed by atoms with van der Waals surface area (Å²) in [5, 5.41) is 3.44. The second kappa shape index (κ2) is 6.77. The van der Waals surface area contributed by atoms with Gasteiger partial charge in [0.05, 0.1) is 6.10 Å². The van der Waals surface area contributed by atoms with Gasteiger partial charge in [0.2, 0.25) is 0 Å². The molecular weight excluding hydrogens is 210 g/mol. The first-order valence-corrected chi connectivity index (χ1v) is 6.76. The monoisotopic (exact) mass is 233 g/mol. The van der Waals surface area contributed by atoms with Gasteiger partial charge in [0, 0.05) is 13.2 Å². The van der Waals surface area contributed by atoms with Gasteiger partial charge in [-0.25, -0.2) is 0 Å². The molecule has 0 amide bonds. The van der Waals surface area contributed by atoms with E-state index in [9.17, 15) is 0 Å². The van der Waals surface area contributed by atoms with E-state index in [-0.39, 0.29) is 0 Å². The summed E-state index contributed by atoms with van der Waals surface area (Å²) in [6.45, 7) is 5.27. The molecule has 1 fully saturated rings. The minimum atomic E-state index is 0.453. The van der Waals surface area contributed by atoms with E-state index in [1.54, 1.807) is 0 Å². The number of ether oxygens (including phenoxy) is 1. The van der Waals surface area contributed by atoms with Gasteiger partial charge in [-0.15, -0.1) is 0 Å². The van der Waals surface area contributed by atoms with E-state index in [1.807, 2.05) is 0 Å². The summed E-state index contributed by atoms with van der Waals surface area (Å²) >= 11 is 0. The summed E-state index contributed by atoms with van der Waals surface area (Å²) in [5.74, 6) is 0.707. The third-order valence-electron chi connectivity index (χ3n) is 3.56. The molecule has 0 radical (unpaired) electrons. The number of nitrogens with one attached hydrogen (secondary N) is 1. The summed E-state index contributed by atoms with van der Waals surface area (Å²) in [5.41, 5.74) is 1.42. The Kier molecular flexibility index (Phi) is 5.02. The van der Waals surface area contributed by atoms with Crippen LogP contribution in [0.5, 0.6) is 0 Å². The fourth-order valence-corrected chi connectivity index (χ4v) is 2.53. The van der Waals surface area contributed by atoms with Gasteiger partial charge >= 0.3 is 0 Å². The van der Waals surface area contributed by atoms with Crippen LogP contribution >= 0.6 is 0 Å². The molecule has 17 heavy (non-hydrogen) atoms. The van der Waals surface area contributed by atoms with Crippen LogP contribution in [0.25, 0.3) is 0 Å². The molecule has 1 aliphatic rings. The fraction of sp³-hybridized carbons (Fsp3) is 0.600. The van der Waals surface area contributed by atoms with Crippen LogP contribution in [0.4, 0.5) is 0 Å². The number of aryl methyl sites for hydroxylation is 1. The Balaban J connectivity index is 1.78. The molecule has 0 aromatic heterocycles. The van der Waals surface area contributed by atoms with E-state index >= 15 is 0 Å². The van der Waals surface area contributed by atoms with Gasteiger partial charge in [-0.1, -0.05) is 37.3 Å². The van der Waals surface area contributed by atoms with Crippen molar-refractivity contribution >= 4 is 0 Å². The maximum Gasteiger partial charge on any atom is 0.0619 e. The summed E-state index contributed by atoms with van der Waals surface area (Å²) in [7, 11) is 0. The first kappa shape index (κ1) is 12.6. The molecule has 1 aromatic rings. The van der Waals surface area contributed by atoms with Crippen molar-refractivity contribution in [3.05, 3.63) is 35.9 Å². The topological polar surface area (TPSA) is 21.3 Å². The van der Waals surface area contributed by atoms with Gasteiger partial charge < -0.3 is 10.1 Å². The Morgan fingerprint density at radius 2 is 2.12 bits per heavy atom. The smallest absolute Gasteiger partial charge is 0.0619 e. The van der Waals surface area contributed by atoms with Crippen molar-refractivity contribution in [3.8, 4) is 0 Å². The van der Waals surface area contributed by atoms with Gasteiger partial charge in [0.15, 0.2) is 0 Å². The molecule has 94 valence electrons. The van der Waals surface area contributed by atoms with E-state index in [1.165, 1.54) is 12.0 Å². The SMILES string of the molecule is CCNCC1CCOC1CCc1ccccc1. The zero-order chi connectivity index (χ0) is 11.9. The Hall–Kier alpha value is -0.860. The quantitative estimate of drug-likeness (QED) is 0.815. The summed E-state index contributed by atoms with van der Waals surface area (Å²) < 4.78 is 5.84. The average Bonchev–Trinajstić information content (AvgIpc) is 2.82. The highest BCUT2D eigenvalue weighted by molar-refractivity contribution is 5.14. The molecule has 1 aromatic carbocycles. The highest BCUT2D eigenvalue weighted by Crippen LogP contribution is 2.24. The highest BCUT2D eigenvalue weighted by Gasteiger charge is 2.27. The predicted octanol–water partition coefficient (Wildman–Crippen LogP) is 2.63. The van der Waals surface area contributed by atoms with Gasteiger partial charge in [-0.2, -0.15) is 0 Å². The standard InChI is InChI=1S/C15H23NO/c1-2-16-12-14-10-11-17-15(14)9-8-13-6-4-3-5-7-13/h3-7,14-16H,2,8-12H2,1H3. The van der Waals surface area contributed by atoms with Gasteiger partial charge in [0.1, 0.15) is 0 Å². The van der Waals surface area contributed by atoms with Crippen molar-refractivity contribution in [3.63, 3.8) is 0 Å². The van der Waals surface area contributed by atoms with E-state index in [0.29, 0.717) is 12.0 Å². The predicted molar refractivity (Wildman–Crippen MR) is 71.2 cm³/mol. The number of benzene rings is 1. The maximum absolute atomic E-state index is 5.84.